The van der Waals surface area contributed by atoms with Crippen LogP contribution in [-0.2, 0) is 17.8 Å². The van der Waals surface area contributed by atoms with Crippen molar-refractivity contribution in [2.75, 3.05) is 10.2 Å². The Morgan fingerprint density at radius 1 is 1.16 bits per heavy atom. The van der Waals surface area contributed by atoms with Crippen LogP contribution in [0.2, 0.25) is 0 Å². The van der Waals surface area contributed by atoms with E-state index in [4.69, 9.17) is 10.00 Å². The van der Waals surface area contributed by atoms with Crippen LogP contribution in [0.1, 0.15) is 30.5 Å². The maximum atomic E-state index is 13.2. The molecule has 156 valence electrons. The van der Waals surface area contributed by atoms with E-state index in [1.165, 1.54) is 5.56 Å². The molecule has 5 heteroatoms. The van der Waals surface area contributed by atoms with Gasteiger partial charge in [0.25, 0.3) is 0 Å². The van der Waals surface area contributed by atoms with Gasteiger partial charge in [-0.2, -0.15) is 5.26 Å². The maximum Gasteiger partial charge on any atom is 0.249 e. The summed E-state index contributed by atoms with van der Waals surface area (Å²) in [7, 11) is 0. The molecule has 1 aliphatic heterocycles. The molecule has 2 unspecified atom stereocenters. The molecule has 0 aliphatic carbocycles. The molecule has 1 aliphatic rings. The molecule has 31 heavy (non-hydrogen) atoms. The molecular formula is C26H25N3O2. The van der Waals surface area contributed by atoms with Gasteiger partial charge in [0.15, 0.2) is 0 Å². The molecule has 1 amide bonds. The van der Waals surface area contributed by atoms with Crippen molar-refractivity contribution in [2.24, 2.45) is 0 Å². The fourth-order valence-corrected chi connectivity index (χ4v) is 3.99. The van der Waals surface area contributed by atoms with Crippen LogP contribution in [0.5, 0.6) is 5.75 Å². The second kappa shape index (κ2) is 8.93. The van der Waals surface area contributed by atoms with Crippen molar-refractivity contribution < 1.29 is 9.53 Å². The summed E-state index contributed by atoms with van der Waals surface area (Å²) < 4.78 is 5.89. The van der Waals surface area contributed by atoms with Crippen LogP contribution in [0.25, 0.3) is 0 Å². The first kappa shape index (κ1) is 20.5. The van der Waals surface area contributed by atoms with E-state index < -0.39 is 0 Å². The van der Waals surface area contributed by atoms with Crippen molar-refractivity contribution in [2.45, 2.75) is 39.0 Å². The fraction of sp³-hybridized carbons (Fsp3) is 0.231. The van der Waals surface area contributed by atoms with Crippen LogP contribution < -0.4 is 15.0 Å². The summed E-state index contributed by atoms with van der Waals surface area (Å²) >= 11 is 0. The number of anilines is 2. The molecule has 1 heterocycles. The normalized spacial score (nSPS) is 15.6. The van der Waals surface area contributed by atoms with Gasteiger partial charge < -0.3 is 15.0 Å². The Morgan fingerprint density at radius 3 is 2.81 bits per heavy atom. The van der Waals surface area contributed by atoms with E-state index in [0.29, 0.717) is 17.9 Å². The fourth-order valence-electron chi connectivity index (χ4n) is 3.99. The second-order valence-electron chi connectivity index (χ2n) is 7.88. The van der Waals surface area contributed by atoms with Gasteiger partial charge in [-0.05, 0) is 61.7 Å². The van der Waals surface area contributed by atoms with Crippen LogP contribution in [0.4, 0.5) is 11.4 Å². The summed E-state index contributed by atoms with van der Waals surface area (Å²) in [5.41, 5.74) is 4.59. The summed E-state index contributed by atoms with van der Waals surface area (Å²) in [6, 6.07) is 25.0. The molecule has 0 saturated carbocycles. The number of ether oxygens (including phenoxy) is 1. The summed E-state index contributed by atoms with van der Waals surface area (Å²) in [6.07, 6.45) is 0.880. The molecule has 2 atom stereocenters. The Bertz CT molecular complexity index is 1140. The van der Waals surface area contributed by atoms with Gasteiger partial charge in [0.1, 0.15) is 18.4 Å². The first-order valence-electron chi connectivity index (χ1n) is 10.4. The number of fused-ring (bicyclic) bond motifs is 1. The second-order valence-corrected chi connectivity index (χ2v) is 7.88. The monoisotopic (exact) mass is 411 g/mol. The van der Waals surface area contributed by atoms with Crippen molar-refractivity contribution in [3.63, 3.8) is 0 Å². The highest BCUT2D eigenvalue weighted by molar-refractivity contribution is 6.00. The zero-order valence-electron chi connectivity index (χ0n) is 17.7. The van der Waals surface area contributed by atoms with Crippen LogP contribution >= 0.6 is 0 Å². The topological polar surface area (TPSA) is 65.4 Å². The van der Waals surface area contributed by atoms with Crippen molar-refractivity contribution >= 4 is 17.3 Å². The smallest absolute Gasteiger partial charge is 0.249 e. The van der Waals surface area contributed by atoms with Crippen molar-refractivity contribution in [3.05, 3.63) is 89.5 Å². The van der Waals surface area contributed by atoms with E-state index in [2.05, 4.69) is 24.4 Å². The summed E-state index contributed by atoms with van der Waals surface area (Å²) in [5, 5.41) is 12.3. The minimum absolute atomic E-state index is 0.0529. The third-order valence-corrected chi connectivity index (χ3v) is 5.49. The van der Waals surface area contributed by atoms with Crippen LogP contribution in [0.15, 0.2) is 72.8 Å². The third kappa shape index (κ3) is 4.54. The number of amides is 1. The number of nitriles is 1. The molecule has 3 aromatic carbocycles. The number of nitrogens with one attached hydrogen (secondary N) is 1. The molecule has 0 spiro atoms. The minimum Gasteiger partial charge on any atom is -0.489 e. The van der Waals surface area contributed by atoms with Crippen LogP contribution in [-0.4, -0.2) is 18.0 Å². The molecule has 5 nitrogen and oxygen atoms in total. The first-order valence-corrected chi connectivity index (χ1v) is 10.4. The lowest BCUT2D eigenvalue weighted by Crippen LogP contribution is -2.44. The number of para-hydroxylation sites is 1. The van der Waals surface area contributed by atoms with Gasteiger partial charge in [-0.1, -0.05) is 36.4 Å². The number of benzene rings is 3. The first-order chi connectivity index (χ1) is 15.0. The zero-order valence-corrected chi connectivity index (χ0v) is 17.7. The number of hydrogen-bond acceptors (Lipinski definition) is 4. The Labute approximate surface area is 182 Å². The number of hydrogen-bond donors (Lipinski definition) is 1. The largest absolute Gasteiger partial charge is 0.489 e. The van der Waals surface area contributed by atoms with E-state index in [9.17, 15) is 4.79 Å². The number of carbonyl (C=O) groups excluding carboxylic acids is 1. The van der Waals surface area contributed by atoms with Gasteiger partial charge in [0.2, 0.25) is 5.91 Å². The van der Waals surface area contributed by atoms with Gasteiger partial charge in [-0.3, -0.25) is 4.79 Å². The predicted octanol–water partition coefficient (Wildman–Crippen LogP) is 4.92. The third-order valence-electron chi connectivity index (χ3n) is 5.49. The minimum atomic E-state index is -0.379. The average molecular weight is 412 g/mol. The van der Waals surface area contributed by atoms with Gasteiger partial charge >= 0.3 is 0 Å². The predicted molar refractivity (Wildman–Crippen MR) is 122 cm³/mol. The molecule has 4 rings (SSSR count). The highest BCUT2D eigenvalue weighted by Gasteiger charge is 2.32. The lowest BCUT2D eigenvalue weighted by atomic mass is 10.1. The SMILES string of the molecule is CC(Nc1cccc(OCc2cccc(C#N)c2)c1)C(=O)N1c2ccccc2CC1C. The Balaban J connectivity index is 1.41. The lowest BCUT2D eigenvalue weighted by Gasteiger charge is -2.27. The molecule has 1 N–H and O–H groups in total. The molecular weight excluding hydrogens is 386 g/mol. The molecule has 0 saturated heterocycles. The Morgan fingerprint density at radius 2 is 1.97 bits per heavy atom. The quantitative estimate of drug-likeness (QED) is 0.626. The molecule has 0 radical (unpaired) electrons. The van der Waals surface area contributed by atoms with E-state index in [-0.39, 0.29) is 18.0 Å². The van der Waals surface area contributed by atoms with Crippen molar-refractivity contribution in [3.8, 4) is 11.8 Å². The van der Waals surface area contributed by atoms with E-state index in [0.717, 1.165) is 23.4 Å². The maximum absolute atomic E-state index is 13.2. The van der Waals surface area contributed by atoms with Gasteiger partial charge in [0, 0.05) is 23.5 Å². The number of rotatable bonds is 6. The standard InChI is InChI=1S/C26H25N3O2/c1-18-13-22-9-3-4-12-25(22)29(18)26(30)19(2)28-23-10-6-11-24(15-23)31-17-21-8-5-7-20(14-21)16-27/h3-12,14-15,18-19,28H,13,17H2,1-2H3. The van der Waals surface area contributed by atoms with Gasteiger partial charge in [0.05, 0.1) is 11.6 Å². The number of nitrogens with zero attached hydrogens (tertiary/aromatic N) is 2. The summed E-state index contributed by atoms with van der Waals surface area (Å²) in [6.45, 7) is 4.34. The molecule has 3 aromatic rings. The lowest BCUT2D eigenvalue weighted by molar-refractivity contribution is -0.119. The molecule has 0 fully saturated rings. The van der Waals surface area contributed by atoms with E-state index >= 15 is 0 Å². The van der Waals surface area contributed by atoms with Gasteiger partial charge in [-0.15, -0.1) is 0 Å². The Hall–Kier alpha value is -3.78. The van der Waals surface area contributed by atoms with Crippen LogP contribution in [0, 0.1) is 11.3 Å². The Kier molecular flexibility index (Phi) is 5.90. The average Bonchev–Trinajstić information content (AvgIpc) is 3.13. The zero-order chi connectivity index (χ0) is 21.8. The summed E-state index contributed by atoms with van der Waals surface area (Å²) in [5.74, 6) is 0.754. The van der Waals surface area contributed by atoms with E-state index in [1.807, 2.05) is 72.5 Å². The molecule has 0 bridgehead atoms. The van der Waals surface area contributed by atoms with Gasteiger partial charge in [-0.25, -0.2) is 0 Å². The van der Waals surface area contributed by atoms with E-state index in [1.54, 1.807) is 6.07 Å². The highest BCUT2D eigenvalue weighted by atomic mass is 16.5. The highest BCUT2D eigenvalue weighted by Crippen LogP contribution is 2.32. The summed E-state index contributed by atoms with van der Waals surface area (Å²) in [4.78, 5) is 15.1. The number of carbonyl (C=O) groups is 1. The van der Waals surface area contributed by atoms with Crippen LogP contribution in [0.3, 0.4) is 0 Å². The van der Waals surface area contributed by atoms with Crippen molar-refractivity contribution in [1.82, 2.24) is 0 Å². The van der Waals surface area contributed by atoms with Crippen molar-refractivity contribution in [1.29, 1.82) is 5.26 Å². The molecule has 0 aromatic heterocycles.